The molecule has 1 heterocycles. The largest absolute Gasteiger partial charge is 0.395 e. The second-order valence-corrected chi connectivity index (χ2v) is 7.30. The molecule has 23 heavy (non-hydrogen) atoms. The molecule has 0 amide bonds. The number of hydrogen-bond acceptors (Lipinski definition) is 5. The molecular formula is C16H17N3O3S. The van der Waals surface area contributed by atoms with Gasteiger partial charge in [-0.1, -0.05) is 0 Å². The van der Waals surface area contributed by atoms with Crippen molar-refractivity contribution in [1.82, 2.24) is 9.55 Å². The van der Waals surface area contributed by atoms with Gasteiger partial charge >= 0.3 is 0 Å². The summed E-state index contributed by atoms with van der Waals surface area (Å²) >= 11 is 0. The van der Waals surface area contributed by atoms with Gasteiger partial charge in [0.1, 0.15) is 0 Å². The van der Waals surface area contributed by atoms with Gasteiger partial charge < -0.3 is 15.0 Å². The average molecular weight is 331 g/mol. The molecule has 0 atom stereocenters. The normalized spacial score (nSPS) is 11.7. The summed E-state index contributed by atoms with van der Waals surface area (Å²) in [5.74, 6) is 0. The number of imidazole rings is 1. The van der Waals surface area contributed by atoms with E-state index in [2.05, 4.69) is 10.3 Å². The lowest BCUT2D eigenvalue weighted by Gasteiger charge is -2.08. The fraction of sp³-hybridized carbons (Fsp3) is 0.188. The van der Waals surface area contributed by atoms with Crippen LogP contribution in [0, 0.1) is 0 Å². The first-order valence-corrected chi connectivity index (χ1v) is 8.99. The van der Waals surface area contributed by atoms with Crippen molar-refractivity contribution < 1.29 is 13.5 Å². The lowest BCUT2D eigenvalue weighted by molar-refractivity contribution is 0.278. The molecule has 0 bridgehead atoms. The monoisotopic (exact) mass is 331 g/mol. The number of nitrogens with zero attached hydrogens (tertiary/aromatic N) is 2. The maximum atomic E-state index is 11.5. The van der Waals surface area contributed by atoms with E-state index in [1.807, 2.05) is 22.8 Å². The lowest BCUT2D eigenvalue weighted by Crippen LogP contribution is -2.00. The molecule has 0 aliphatic carbocycles. The van der Waals surface area contributed by atoms with Gasteiger partial charge in [-0.3, -0.25) is 0 Å². The SMILES string of the molecule is CS(=O)(=O)c1ccc(Nc2ccc3c(c2)ncn3CCO)cc1. The van der Waals surface area contributed by atoms with E-state index in [1.165, 1.54) is 6.26 Å². The number of sulfone groups is 1. The lowest BCUT2D eigenvalue weighted by atomic mass is 10.2. The molecule has 3 aromatic rings. The highest BCUT2D eigenvalue weighted by Gasteiger charge is 2.07. The fourth-order valence-electron chi connectivity index (χ4n) is 2.38. The van der Waals surface area contributed by atoms with E-state index in [9.17, 15) is 8.42 Å². The van der Waals surface area contributed by atoms with Crippen LogP contribution in [0.4, 0.5) is 11.4 Å². The standard InChI is InChI=1S/C16H17N3O3S/c1-23(21,22)14-5-2-12(3-6-14)18-13-4-7-16-15(10-13)17-11-19(16)8-9-20/h2-7,10-11,18,20H,8-9H2,1H3. The van der Waals surface area contributed by atoms with Crippen LogP contribution in [0.15, 0.2) is 53.7 Å². The molecule has 1 aromatic heterocycles. The number of aliphatic hydroxyl groups excluding tert-OH is 1. The molecule has 0 radical (unpaired) electrons. The number of benzene rings is 2. The van der Waals surface area contributed by atoms with Crippen LogP contribution in [0.1, 0.15) is 0 Å². The first kappa shape index (κ1) is 15.5. The second kappa shape index (κ2) is 6.02. The van der Waals surface area contributed by atoms with E-state index in [0.717, 1.165) is 22.4 Å². The van der Waals surface area contributed by atoms with Gasteiger partial charge in [-0.25, -0.2) is 13.4 Å². The van der Waals surface area contributed by atoms with Crippen LogP contribution in [-0.2, 0) is 16.4 Å². The maximum absolute atomic E-state index is 11.5. The second-order valence-electron chi connectivity index (χ2n) is 5.29. The highest BCUT2D eigenvalue weighted by atomic mass is 32.2. The number of nitrogens with one attached hydrogen (secondary N) is 1. The quantitative estimate of drug-likeness (QED) is 0.748. The Bertz CT molecular complexity index is 931. The molecule has 7 heteroatoms. The van der Waals surface area contributed by atoms with Crippen LogP contribution in [0.2, 0.25) is 0 Å². The topological polar surface area (TPSA) is 84.2 Å². The van der Waals surface area contributed by atoms with Crippen LogP contribution in [0.3, 0.4) is 0 Å². The number of anilines is 2. The van der Waals surface area contributed by atoms with E-state index < -0.39 is 9.84 Å². The first-order chi connectivity index (χ1) is 11.0. The van der Waals surface area contributed by atoms with Gasteiger partial charge in [-0.2, -0.15) is 0 Å². The molecule has 120 valence electrons. The molecule has 0 unspecified atom stereocenters. The molecule has 0 aliphatic rings. The average Bonchev–Trinajstić information content (AvgIpc) is 2.90. The third-order valence-electron chi connectivity index (χ3n) is 3.53. The summed E-state index contributed by atoms with van der Waals surface area (Å²) in [6.45, 7) is 0.578. The summed E-state index contributed by atoms with van der Waals surface area (Å²) < 4.78 is 24.8. The molecule has 0 spiro atoms. The van der Waals surface area contributed by atoms with E-state index in [4.69, 9.17) is 5.11 Å². The number of aromatic nitrogens is 2. The summed E-state index contributed by atoms with van der Waals surface area (Å²) in [7, 11) is -3.18. The predicted molar refractivity (Wildman–Crippen MR) is 89.7 cm³/mol. The van der Waals surface area contributed by atoms with Crippen molar-refractivity contribution in [3.63, 3.8) is 0 Å². The van der Waals surface area contributed by atoms with E-state index in [0.29, 0.717) is 11.4 Å². The van der Waals surface area contributed by atoms with E-state index in [-0.39, 0.29) is 6.61 Å². The minimum atomic E-state index is -3.18. The minimum Gasteiger partial charge on any atom is -0.395 e. The number of aliphatic hydroxyl groups is 1. The summed E-state index contributed by atoms with van der Waals surface area (Å²) in [6.07, 6.45) is 2.89. The van der Waals surface area contributed by atoms with Crippen LogP contribution in [0.5, 0.6) is 0 Å². The summed E-state index contributed by atoms with van der Waals surface area (Å²) in [6, 6.07) is 12.4. The Balaban J connectivity index is 1.84. The van der Waals surface area contributed by atoms with Crippen molar-refractivity contribution in [2.45, 2.75) is 11.4 Å². The first-order valence-electron chi connectivity index (χ1n) is 7.10. The smallest absolute Gasteiger partial charge is 0.175 e. The molecule has 2 N–H and O–H groups in total. The Hall–Kier alpha value is -2.38. The van der Waals surface area contributed by atoms with Gasteiger partial charge in [-0.05, 0) is 42.5 Å². The molecule has 0 saturated heterocycles. The molecule has 0 fully saturated rings. The minimum absolute atomic E-state index is 0.0676. The van der Waals surface area contributed by atoms with Crippen molar-refractivity contribution in [3.05, 3.63) is 48.8 Å². The Morgan fingerprint density at radius 3 is 2.48 bits per heavy atom. The maximum Gasteiger partial charge on any atom is 0.175 e. The Labute approximate surface area is 134 Å². The summed E-state index contributed by atoms with van der Waals surface area (Å²) in [4.78, 5) is 4.61. The summed E-state index contributed by atoms with van der Waals surface area (Å²) in [5.41, 5.74) is 3.44. The van der Waals surface area contributed by atoms with Crippen molar-refractivity contribution in [2.75, 3.05) is 18.2 Å². The van der Waals surface area contributed by atoms with Crippen LogP contribution in [0.25, 0.3) is 11.0 Å². The fourth-order valence-corrected chi connectivity index (χ4v) is 3.01. The van der Waals surface area contributed by atoms with Gasteiger partial charge in [0.2, 0.25) is 0 Å². The van der Waals surface area contributed by atoms with Gasteiger partial charge in [0.25, 0.3) is 0 Å². The van der Waals surface area contributed by atoms with Crippen molar-refractivity contribution in [2.24, 2.45) is 0 Å². The molecule has 3 rings (SSSR count). The number of hydrogen-bond donors (Lipinski definition) is 2. The highest BCUT2D eigenvalue weighted by molar-refractivity contribution is 7.90. The molecule has 6 nitrogen and oxygen atoms in total. The third-order valence-corrected chi connectivity index (χ3v) is 4.66. The highest BCUT2D eigenvalue weighted by Crippen LogP contribution is 2.22. The molecule has 2 aromatic carbocycles. The molecule has 0 aliphatic heterocycles. The van der Waals surface area contributed by atoms with Gasteiger partial charge in [0.15, 0.2) is 9.84 Å². The molecule has 0 saturated carbocycles. The molecular weight excluding hydrogens is 314 g/mol. The van der Waals surface area contributed by atoms with E-state index >= 15 is 0 Å². The van der Waals surface area contributed by atoms with Crippen molar-refractivity contribution >= 4 is 32.2 Å². The zero-order valence-corrected chi connectivity index (χ0v) is 13.4. The zero-order valence-electron chi connectivity index (χ0n) is 12.6. The van der Waals surface area contributed by atoms with Crippen molar-refractivity contribution in [3.8, 4) is 0 Å². The van der Waals surface area contributed by atoms with Crippen molar-refractivity contribution in [1.29, 1.82) is 0 Å². The van der Waals surface area contributed by atoms with Gasteiger partial charge in [-0.15, -0.1) is 0 Å². The number of rotatable bonds is 5. The van der Waals surface area contributed by atoms with Crippen LogP contribution >= 0.6 is 0 Å². The van der Waals surface area contributed by atoms with Crippen LogP contribution in [-0.4, -0.2) is 35.9 Å². The zero-order chi connectivity index (χ0) is 16.4. The third kappa shape index (κ3) is 3.35. The van der Waals surface area contributed by atoms with Gasteiger partial charge in [0.05, 0.1) is 28.9 Å². The number of fused-ring (bicyclic) bond motifs is 1. The Morgan fingerprint density at radius 2 is 1.83 bits per heavy atom. The van der Waals surface area contributed by atoms with Crippen LogP contribution < -0.4 is 5.32 Å². The Morgan fingerprint density at radius 1 is 1.13 bits per heavy atom. The van der Waals surface area contributed by atoms with E-state index in [1.54, 1.807) is 30.6 Å². The predicted octanol–water partition coefficient (Wildman–Crippen LogP) is 2.18. The van der Waals surface area contributed by atoms with Gasteiger partial charge in [0, 0.05) is 24.2 Å². The Kier molecular flexibility index (Phi) is 4.06. The summed E-state index contributed by atoms with van der Waals surface area (Å²) in [5, 5.41) is 12.2.